The summed E-state index contributed by atoms with van der Waals surface area (Å²) in [6, 6.07) is -1.09. The molecule has 0 spiro atoms. The third kappa shape index (κ3) is 3.26. The van der Waals surface area contributed by atoms with E-state index >= 15 is 0 Å². The van der Waals surface area contributed by atoms with Gasteiger partial charge in [0.25, 0.3) is 5.91 Å². The van der Waals surface area contributed by atoms with Crippen molar-refractivity contribution in [3.63, 3.8) is 0 Å². The van der Waals surface area contributed by atoms with Crippen molar-refractivity contribution in [3.05, 3.63) is 11.1 Å². The number of amides is 1. The number of nitrogens with zero attached hydrogens (tertiary/aromatic N) is 2. The van der Waals surface area contributed by atoms with Gasteiger partial charge in [0.2, 0.25) is 0 Å². The summed E-state index contributed by atoms with van der Waals surface area (Å²) >= 11 is 0.874. The lowest BCUT2D eigenvalue weighted by Gasteiger charge is -2.11. The van der Waals surface area contributed by atoms with Crippen LogP contribution in [0.15, 0.2) is 6.20 Å². The molecule has 15 heavy (non-hydrogen) atoms. The molecule has 0 fully saturated rings. The summed E-state index contributed by atoms with van der Waals surface area (Å²) in [5.41, 5.74) is 0. The number of aliphatic hydroxyl groups is 1. The molecule has 1 atom stereocenters. The zero-order valence-electron chi connectivity index (χ0n) is 7.58. The Kier molecular flexibility index (Phi) is 4.13. The lowest BCUT2D eigenvalue weighted by Crippen LogP contribution is -2.41. The molecule has 0 aliphatic carbocycles. The zero-order chi connectivity index (χ0) is 11.3. The summed E-state index contributed by atoms with van der Waals surface area (Å²) < 4.78 is 3.48. The van der Waals surface area contributed by atoms with E-state index in [1.165, 1.54) is 6.20 Å². The fraction of sp³-hybridized carbons (Fsp3) is 0.429. The van der Waals surface area contributed by atoms with E-state index in [4.69, 9.17) is 10.2 Å². The average Bonchev–Trinajstić information content (AvgIpc) is 2.69. The van der Waals surface area contributed by atoms with E-state index in [9.17, 15) is 9.59 Å². The number of hydrogen-bond acceptors (Lipinski definition) is 6. The van der Waals surface area contributed by atoms with E-state index in [0.29, 0.717) is 0 Å². The van der Waals surface area contributed by atoms with E-state index in [2.05, 4.69) is 14.9 Å². The maximum Gasteiger partial charge on any atom is 0.326 e. The number of carboxylic acids is 1. The topological polar surface area (TPSA) is 112 Å². The molecule has 8 heteroatoms. The van der Waals surface area contributed by atoms with Crippen LogP contribution in [0, 0.1) is 0 Å². The standard InChI is InChI=1S/C7H9N3O4S/c11-2-1-4(7(13)14)9-6(12)5-3-8-10-15-5/h3-4,11H,1-2H2,(H,9,12)(H,13,14)/t4-/m1/s1. The highest BCUT2D eigenvalue weighted by Crippen LogP contribution is 2.02. The zero-order valence-corrected chi connectivity index (χ0v) is 8.40. The van der Waals surface area contributed by atoms with Crippen LogP contribution in [-0.2, 0) is 4.79 Å². The van der Waals surface area contributed by atoms with E-state index in [-0.39, 0.29) is 17.9 Å². The van der Waals surface area contributed by atoms with Gasteiger partial charge in [0.1, 0.15) is 10.9 Å². The van der Waals surface area contributed by atoms with Crippen LogP contribution in [0.2, 0.25) is 0 Å². The van der Waals surface area contributed by atoms with E-state index in [1.54, 1.807) is 0 Å². The van der Waals surface area contributed by atoms with Gasteiger partial charge in [-0.3, -0.25) is 4.79 Å². The number of carboxylic acid groups (broad SMARTS) is 1. The first-order valence-electron chi connectivity index (χ1n) is 4.07. The molecule has 0 aromatic carbocycles. The van der Waals surface area contributed by atoms with E-state index in [0.717, 1.165) is 11.5 Å². The van der Waals surface area contributed by atoms with Gasteiger partial charge >= 0.3 is 5.97 Å². The fourth-order valence-corrected chi connectivity index (χ4v) is 1.30. The largest absolute Gasteiger partial charge is 0.480 e. The number of aliphatic hydroxyl groups excluding tert-OH is 1. The van der Waals surface area contributed by atoms with E-state index in [1.807, 2.05) is 0 Å². The second-order valence-corrected chi connectivity index (χ2v) is 3.44. The molecule has 1 rings (SSSR count). The van der Waals surface area contributed by atoms with Gasteiger partial charge in [-0.05, 0) is 11.5 Å². The first-order valence-corrected chi connectivity index (χ1v) is 4.84. The van der Waals surface area contributed by atoms with Crippen molar-refractivity contribution >= 4 is 23.4 Å². The molecular formula is C7H9N3O4S. The van der Waals surface area contributed by atoms with Gasteiger partial charge in [0.15, 0.2) is 0 Å². The van der Waals surface area contributed by atoms with Crippen LogP contribution in [-0.4, -0.2) is 44.3 Å². The molecule has 0 radical (unpaired) electrons. The minimum Gasteiger partial charge on any atom is -0.480 e. The summed E-state index contributed by atoms with van der Waals surface area (Å²) in [6.07, 6.45) is 1.21. The van der Waals surface area contributed by atoms with Crippen LogP contribution in [0.5, 0.6) is 0 Å². The Balaban J connectivity index is 2.59. The monoisotopic (exact) mass is 231 g/mol. The highest BCUT2D eigenvalue weighted by atomic mass is 32.1. The fourth-order valence-electron chi connectivity index (χ4n) is 0.883. The molecule has 0 bridgehead atoms. The Hall–Kier alpha value is -1.54. The van der Waals surface area contributed by atoms with Gasteiger partial charge in [-0.2, -0.15) is 0 Å². The number of aliphatic carboxylic acids is 1. The molecule has 7 nitrogen and oxygen atoms in total. The molecule has 1 heterocycles. The lowest BCUT2D eigenvalue weighted by atomic mass is 10.2. The number of rotatable bonds is 5. The van der Waals surface area contributed by atoms with Crippen molar-refractivity contribution in [3.8, 4) is 0 Å². The van der Waals surface area contributed by atoms with Gasteiger partial charge in [-0.1, -0.05) is 4.49 Å². The average molecular weight is 231 g/mol. The molecule has 0 aliphatic heterocycles. The number of nitrogens with one attached hydrogen (secondary N) is 1. The molecule has 0 saturated carbocycles. The van der Waals surface area contributed by atoms with Crippen molar-refractivity contribution < 1.29 is 19.8 Å². The molecule has 0 saturated heterocycles. The van der Waals surface area contributed by atoms with Crippen LogP contribution in [0.25, 0.3) is 0 Å². The molecule has 0 unspecified atom stereocenters. The van der Waals surface area contributed by atoms with Gasteiger partial charge in [-0.25, -0.2) is 4.79 Å². The van der Waals surface area contributed by atoms with Crippen molar-refractivity contribution in [2.75, 3.05) is 6.61 Å². The lowest BCUT2D eigenvalue weighted by molar-refractivity contribution is -0.139. The van der Waals surface area contributed by atoms with Crippen molar-refractivity contribution in [1.29, 1.82) is 0 Å². The molecule has 82 valence electrons. The molecular weight excluding hydrogens is 222 g/mol. The SMILES string of the molecule is O=C(N[C@H](CCO)C(=O)O)c1cnns1. The van der Waals surface area contributed by atoms with Gasteiger partial charge in [-0.15, -0.1) is 5.10 Å². The third-order valence-electron chi connectivity index (χ3n) is 1.61. The third-order valence-corrected chi connectivity index (χ3v) is 2.27. The Labute approximate surface area is 88.9 Å². The first kappa shape index (κ1) is 11.5. The minimum absolute atomic E-state index is 0.0344. The summed E-state index contributed by atoms with van der Waals surface area (Å²) in [7, 11) is 0. The van der Waals surface area contributed by atoms with Crippen LogP contribution in [0.4, 0.5) is 0 Å². The summed E-state index contributed by atoms with van der Waals surface area (Å²) in [4.78, 5) is 22.2. The predicted octanol–water partition coefficient (Wildman–Crippen LogP) is -0.897. The van der Waals surface area contributed by atoms with Crippen molar-refractivity contribution in [2.45, 2.75) is 12.5 Å². The second kappa shape index (κ2) is 5.37. The number of carbonyl (C=O) groups is 2. The smallest absolute Gasteiger partial charge is 0.326 e. The molecule has 1 aromatic rings. The highest BCUT2D eigenvalue weighted by molar-refractivity contribution is 7.07. The van der Waals surface area contributed by atoms with E-state index < -0.39 is 17.9 Å². The number of aromatic nitrogens is 2. The highest BCUT2D eigenvalue weighted by Gasteiger charge is 2.20. The number of carbonyl (C=O) groups excluding carboxylic acids is 1. The van der Waals surface area contributed by atoms with Gasteiger partial charge < -0.3 is 15.5 Å². The summed E-state index contributed by atoms with van der Waals surface area (Å²) in [5, 5.41) is 23.0. The Morgan fingerprint density at radius 3 is 2.80 bits per heavy atom. The summed E-state index contributed by atoms with van der Waals surface area (Å²) in [6.45, 7) is -0.307. The Bertz CT molecular complexity index is 340. The van der Waals surface area contributed by atoms with Crippen LogP contribution >= 0.6 is 11.5 Å². The number of hydrogen-bond donors (Lipinski definition) is 3. The molecule has 3 N–H and O–H groups in total. The quantitative estimate of drug-likeness (QED) is 0.605. The van der Waals surface area contributed by atoms with Gasteiger partial charge in [0.05, 0.1) is 6.20 Å². The van der Waals surface area contributed by atoms with Crippen LogP contribution < -0.4 is 5.32 Å². The van der Waals surface area contributed by atoms with Crippen molar-refractivity contribution in [2.24, 2.45) is 0 Å². The molecule has 1 amide bonds. The maximum absolute atomic E-state index is 11.4. The summed E-state index contributed by atoms with van der Waals surface area (Å²) in [5.74, 6) is -1.74. The minimum atomic E-state index is -1.19. The Morgan fingerprint density at radius 2 is 2.33 bits per heavy atom. The van der Waals surface area contributed by atoms with Crippen LogP contribution in [0.1, 0.15) is 16.1 Å². The Morgan fingerprint density at radius 1 is 1.60 bits per heavy atom. The normalized spacial score (nSPS) is 12.1. The first-order chi connectivity index (χ1) is 7.15. The second-order valence-electron chi connectivity index (χ2n) is 2.66. The molecule has 1 aromatic heterocycles. The van der Waals surface area contributed by atoms with Crippen molar-refractivity contribution in [1.82, 2.24) is 14.9 Å². The maximum atomic E-state index is 11.4. The molecule has 0 aliphatic rings. The van der Waals surface area contributed by atoms with Gasteiger partial charge in [0, 0.05) is 13.0 Å². The van der Waals surface area contributed by atoms with Crippen LogP contribution in [0.3, 0.4) is 0 Å². The predicted molar refractivity (Wildman–Crippen MR) is 50.5 cm³/mol.